The molecule has 2 aromatic rings. The Bertz CT molecular complexity index is 777. The van der Waals surface area contributed by atoms with Gasteiger partial charge in [-0.25, -0.2) is 9.97 Å². The van der Waals surface area contributed by atoms with Crippen molar-refractivity contribution in [1.82, 2.24) is 15.3 Å². The Labute approximate surface area is 174 Å². The molecular formula is C23H34N4O2. The highest BCUT2D eigenvalue weighted by Gasteiger charge is 2.20. The minimum Gasteiger partial charge on any atom is -0.491 e. The molecule has 6 heteroatoms. The van der Waals surface area contributed by atoms with Crippen LogP contribution in [0.3, 0.4) is 0 Å². The van der Waals surface area contributed by atoms with Gasteiger partial charge in [0.25, 0.3) is 0 Å². The third kappa shape index (κ3) is 5.90. The molecule has 0 saturated heterocycles. The molecular weight excluding hydrogens is 364 g/mol. The minimum absolute atomic E-state index is 0.254. The number of nitrogens with one attached hydrogen (secondary N) is 1. The average molecular weight is 399 g/mol. The highest BCUT2D eigenvalue weighted by Crippen LogP contribution is 2.29. The minimum atomic E-state index is -0.537. The summed E-state index contributed by atoms with van der Waals surface area (Å²) >= 11 is 0. The maximum Gasteiger partial charge on any atom is 0.132 e. The molecule has 1 saturated carbocycles. The number of likely N-dealkylation sites (N-methyl/N-ethyl adjacent to an activating group) is 1. The van der Waals surface area contributed by atoms with Crippen molar-refractivity contribution >= 4 is 5.82 Å². The second kappa shape index (κ2) is 10.6. The summed E-state index contributed by atoms with van der Waals surface area (Å²) in [5, 5.41) is 12.8. The molecule has 29 heavy (non-hydrogen) atoms. The highest BCUT2D eigenvalue weighted by atomic mass is 16.5. The molecule has 1 aliphatic carbocycles. The van der Waals surface area contributed by atoms with Gasteiger partial charge in [-0.05, 0) is 32.0 Å². The van der Waals surface area contributed by atoms with E-state index in [-0.39, 0.29) is 6.61 Å². The summed E-state index contributed by atoms with van der Waals surface area (Å²) in [4.78, 5) is 11.9. The van der Waals surface area contributed by atoms with Crippen LogP contribution in [0.5, 0.6) is 5.75 Å². The van der Waals surface area contributed by atoms with Gasteiger partial charge in [0.2, 0.25) is 0 Å². The molecule has 1 atom stereocenters. The smallest absolute Gasteiger partial charge is 0.132 e. The van der Waals surface area contributed by atoms with Crippen LogP contribution in [0.15, 0.2) is 30.3 Å². The molecule has 1 heterocycles. The van der Waals surface area contributed by atoms with E-state index in [1.54, 1.807) is 0 Å². The summed E-state index contributed by atoms with van der Waals surface area (Å²) in [7, 11) is 3.97. The fraction of sp³-hybridized carbons (Fsp3) is 0.565. The number of aliphatic hydroxyl groups excluding tert-OH is 1. The maximum absolute atomic E-state index is 9.87. The molecule has 0 bridgehead atoms. The summed E-state index contributed by atoms with van der Waals surface area (Å²) in [5.74, 6) is 2.59. The molecule has 0 amide bonds. The topological polar surface area (TPSA) is 70.5 Å². The van der Waals surface area contributed by atoms with E-state index in [9.17, 15) is 5.11 Å². The zero-order valence-corrected chi connectivity index (χ0v) is 17.9. The van der Waals surface area contributed by atoms with Crippen molar-refractivity contribution in [3.63, 3.8) is 0 Å². The number of nitrogens with zero attached hydrogens (tertiary/aromatic N) is 3. The van der Waals surface area contributed by atoms with Crippen LogP contribution in [0, 0.1) is 0 Å². The molecule has 0 spiro atoms. The normalized spacial score (nSPS) is 15.9. The lowest BCUT2D eigenvalue weighted by Crippen LogP contribution is -2.34. The van der Waals surface area contributed by atoms with Crippen LogP contribution in [-0.4, -0.2) is 54.5 Å². The molecule has 2 N–H and O–H groups in total. The summed E-state index contributed by atoms with van der Waals surface area (Å²) < 4.78 is 5.77. The van der Waals surface area contributed by atoms with E-state index in [1.165, 1.54) is 32.1 Å². The van der Waals surface area contributed by atoms with Crippen molar-refractivity contribution in [2.24, 2.45) is 0 Å². The number of benzene rings is 1. The van der Waals surface area contributed by atoms with Gasteiger partial charge in [0.1, 0.15) is 30.1 Å². The van der Waals surface area contributed by atoms with Crippen molar-refractivity contribution in [2.45, 2.75) is 57.6 Å². The van der Waals surface area contributed by atoms with Crippen LogP contribution in [0.4, 0.5) is 5.82 Å². The lowest BCUT2D eigenvalue weighted by atomic mass is 9.94. The Morgan fingerprint density at radius 3 is 2.72 bits per heavy atom. The molecule has 0 radical (unpaired) electrons. The molecule has 0 aliphatic heterocycles. The predicted octanol–water partition coefficient (Wildman–Crippen LogP) is 3.43. The number of aromatic nitrogens is 2. The first-order valence-corrected chi connectivity index (χ1v) is 10.8. The fourth-order valence-electron chi connectivity index (χ4n) is 3.86. The Kier molecular flexibility index (Phi) is 7.83. The van der Waals surface area contributed by atoms with Crippen LogP contribution in [0.1, 0.15) is 44.9 Å². The predicted molar refractivity (Wildman–Crippen MR) is 118 cm³/mol. The third-order valence-electron chi connectivity index (χ3n) is 5.57. The van der Waals surface area contributed by atoms with E-state index < -0.39 is 6.10 Å². The van der Waals surface area contributed by atoms with E-state index >= 15 is 0 Å². The summed E-state index contributed by atoms with van der Waals surface area (Å²) in [6, 6.07) is 10.5. The Morgan fingerprint density at radius 1 is 1.21 bits per heavy atom. The molecule has 1 aromatic heterocycles. The Morgan fingerprint density at radius 2 is 2.00 bits per heavy atom. The first-order valence-electron chi connectivity index (χ1n) is 10.8. The lowest BCUT2D eigenvalue weighted by molar-refractivity contribution is 0.108. The average Bonchev–Trinajstić information content (AvgIpc) is 2.78. The second-order valence-corrected chi connectivity index (χ2v) is 7.83. The van der Waals surface area contributed by atoms with E-state index in [4.69, 9.17) is 14.7 Å². The van der Waals surface area contributed by atoms with Crippen LogP contribution < -0.4 is 15.0 Å². The molecule has 1 aromatic carbocycles. The summed E-state index contributed by atoms with van der Waals surface area (Å²) in [6.45, 7) is 2.85. The van der Waals surface area contributed by atoms with Gasteiger partial charge in [0.15, 0.2) is 0 Å². The van der Waals surface area contributed by atoms with Crippen LogP contribution in [-0.2, 0) is 6.42 Å². The molecule has 158 valence electrons. The zero-order chi connectivity index (χ0) is 20.6. The largest absolute Gasteiger partial charge is 0.491 e. The van der Waals surface area contributed by atoms with Gasteiger partial charge in [-0.2, -0.15) is 0 Å². The number of anilines is 1. The second-order valence-electron chi connectivity index (χ2n) is 7.83. The maximum atomic E-state index is 9.87. The summed E-state index contributed by atoms with van der Waals surface area (Å²) in [5.41, 5.74) is 1.91. The molecule has 3 rings (SSSR count). The van der Waals surface area contributed by atoms with Gasteiger partial charge in [-0.3, -0.25) is 0 Å². The summed E-state index contributed by atoms with van der Waals surface area (Å²) in [6.07, 6.45) is 6.66. The van der Waals surface area contributed by atoms with Gasteiger partial charge in [-0.15, -0.1) is 0 Å². The Balaban J connectivity index is 1.81. The number of hydrogen-bond acceptors (Lipinski definition) is 6. The van der Waals surface area contributed by atoms with Crippen LogP contribution >= 0.6 is 0 Å². The van der Waals surface area contributed by atoms with Crippen molar-refractivity contribution in [3.8, 4) is 17.0 Å². The van der Waals surface area contributed by atoms with Crippen molar-refractivity contribution in [1.29, 1.82) is 0 Å². The number of aliphatic hydroxyl groups is 1. The monoisotopic (exact) mass is 398 g/mol. The quantitative estimate of drug-likeness (QED) is 0.674. The van der Waals surface area contributed by atoms with Crippen molar-refractivity contribution in [2.75, 3.05) is 32.1 Å². The molecule has 6 nitrogen and oxygen atoms in total. The molecule has 1 aliphatic rings. The van der Waals surface area contributed by atoms with Crippen LogP contribution in [0.25, 0.3) is 11.3 Å². The first kappa shape index (κ1) is 21.5. The van der Waals surface area contributed by atoms with Gasteiger partial charge >= 0.3 is 0 Å². The SMILES string of the molecule is CCc1nc(-c2cccc(OCC(O)CNC)c2)cc(N(C)C2CCCCC2)n1. The van der Waals surface area contributed by atoms with Gasteiger partial charge in [-0.1, -0.05) is 38.3 Å². The van der Waals surface area contributed by atoms with Gasteiger partial charge < -0.3 is 20.1 Å². The number of rotatable bonds is 9. The van der Waals surface area contributed by atoms with E-state index in [0.717, 1.165) is 35.1 Å². The number of aryl methyl sites for hydroxylation is 1. The standard InChI is InChI=1S/C23H34N4O2/c1-4-22-25-21(14-23(26-22)27(3)18-10-6-5-7-11-18)17-9-8-12-20(13-17)29-16-19(28)15-24-2/h8-9,12-14,18-19,24,28H,4-7,10-11,15-16H2,1-3H3. The number of hydrogen-bond donors (Lipinski definition) is 2. The zero-order valence-electron chi connectivity index (χ0n) is 17.9. The third-order valence-corrected chi connectivity index (χ3v) is 5.57. The first-order chi connectivity index (χ1) is 14.1. The van der Waals surface area contributed by atoms with E-state index in [2.05, 4.69) is 30.3 Å². The van der Waals surface area contributed by atoms with Crippen LogP contribution in [0.2, 0.25) is 0 Å². The highest BCUT2D eigenvalue weighted by molar-refractivity contribution is 5.64. The Hall–Kier alpha value is -2.18. The van der Waals surface area contributed by atoms with Crippen molar-refractivity contribution in [3.05, 3.63) is 36.2 Å². The molecule has 1 unspecified atom stereocenters. The number of ether oxygens (including phenoxy) is 1. The lowest BCUT2D eigenvalue weighted by Gasteiger charge is -2.32. The van der Waals surface area contributed by atoms with Crippen molar-refractivity contribution < 1.29 is 9.84 Å². The molecule has 1 fully saturated rings. The fourth-order valence-corrected chi connectivity index (χ4v) is 3.86. The van der Waals surface area contributed by atoms with E-state index in [1.807, 2.05) is 31.3 Å². The van der Waals surface area contributed by atoms with E-state index in [0.29, 0.717) is 12.6 Å². The van der Waals surface area contributed by atoms with Gasteiger partial charge in [0, 0.05) is 37.7 Å². The van der Waals surface area contributed by atoms with Gasteiger partial charge in [0.05, 0.1) is 5.69 Å².